The van der Waals surface area contributed by atoms with Crippen molar-refractivity contribution in [2.75, 3.05) is 0 Å². The van der Waals surface area contributed by atoms with E-state index in [0.717, 1.165) is 0 Å². The van der Waals surface area contributed by atoms with Crippen molar-refractivity contribution >= 4 is 11.6 Å². The molecule has 0 heterocycles. The van der Waals surface area contributed by atoms with Crippen LogP contribution in [0.25, 0.3) is 11.6 Å². The van der Waals surface area contributed by atoms with Gasteiger partial charge in [-0.2, -0.15) is 0 Å². The highest BCUT2D eigenvalue weighted by molar-refractivity contribution is 5.53. The summed E-state index contributed by atoms with van der Waals surface area (Å²) in [6, 6.07) is 6.75. The first-order valence-corrected chi connectivity index (χ1v) is 6.05. The molecule has 0 radical (unpaired) electrons. The van der Waals surface area contributed by atoms with Gasteiger partial charge >= 0.3 is 0 Å². The SMILES string of the molecule is CCC1=c2c(C(C)C)cccc2=CCC1. The lowest BCUT2D eigenvalue weighted by molar-refractivity contribution is 0.847. The molecule has 0 aromatic heterocycles. The fraction of sp³-hybridized carbons (Fsp3) is 0.467. The van der Waals surface area contributed by atoms with Crippen LogP contribution in [0.3, 0.4) is 0 Å². The van der Waals surface area contributed by atoms with E-state index in [1.54, 1.807) is 10.8 Å². The van der Waals surface area contributed by atoms with Gasteiger partial charge in [-0.25, -0.2) is 0 Å². The van der Waals surface area contributed by atoms with Crippen LogP contribution < -0.4 is 10.4 Å². The quantitative estimate of drug-likeness (QED) is 0.688. The molecule has 1 aromatic rings. The summed E-state index contributed by atoms with van der Waals surface area (Å²) in [6.07, 6.45) is 6.07. The molecular formula is C15H20. The van der Waals surface area contributed by atoms with E-state index in [-0.39, 0.29) is 0 Å². The van der Waals surface area contributed by atoms with Crippen LogP contribution in [0, 0.1) is 0 Å². The summed E-state index contributed by atoms with van der Waals surface area (Å²) in [5, 5.41) is 3.02. The Hall–Kier alpha value is -1.04. The minimum Gasteiger partial charge on any atom is -0.0763 e. The standard InChI is InChI=1S/C15H20/c1-4-12-7-5-8-13-9-6-10-14(11(2)3)15(12)13/h6,8-11H,4-5,7H2,1-3H3. The van der Waals surface area contributed by atoms with Gasteiger partial charge in [-0.1, -0.05) is 50.6 Å². The van der Waals surface area contributed by atoms with Crippen LogP contribution >= 0.6 is 0 Å². The van der Waals surface area contributed by atoms with Gasteiger partial charge < -0.3 is 0 Å². The lowest BCUT2D eigenvalue weighted by Gasteiger charge is -2.15. The molecule has 0 N–H and O–H groups in total. The van der Waals surface area contributed by atoms with E-state index >= 15 is 0 Å². The van der Waals surface area contributed by atoms with Crippen LogP contribution in [-0.4, -0.2) is 0 Å². The molecule has 0 nitrogen and oxygen atoms in total. The van der Waals surface area contributed by atoms with Crippen molar-refractivity contribution in [1.82, 2.24) is 0 Å². The first kappa shape index (κ1) is 10.5. The zero-order valence-electron chi connectivity index (χ0n) is 10.0. The van der Waals surface area contributed by atoms with Gasteiger partial charge in [0.15, 0.2) is 0 Å². The van der Waals surface area contributed by atoms with E-state index in [1.165, 1.54) is 30.0 Å². The number of fused-ring (bicyclic) bond motifs is 1. The molecule has 0 atom stereocenters. The Morgan fingerprint density at radius 1 is 1.27 bits per heavy atom. The molecule has 80 valence electrons. The summed E-state index contributed by atoms with van der Waals surface area (Å²) in [6.45, 7) is 6.86. The summed E-state index contributed by atoms with van der Waals surface area (Å²) in [5.41, 5.74) is 3.18. The van der Waals surface area contributed by atoms with E-state index < -0.39 is 0 Å². The monoisotopic (exact) mass is 200 g/mol. The van der Waals surface area contributed by atoms with Gasteiger partial charge in [-0.05, 0) is 41.2 Å². The molecule has 0 bridgehead atoms. The van der Waals surface area contributed by atoms with E-state index in [1.807, 2.05) is 0 Å². The third kappa shape index (κ3) is 1.86. The van der Waals surface area contributed by atoms with Crippen molar-refractivity contribution < 1.29 is 0 Å². The van der Waals surface area contributed by atoms with Crippen molar-refractivity contribution in [2.45, 2.75) is 46.0 Å². The number of hydrogen-bond acceptors (Lipinski definition) is 0. The Labute approximate surface area is 92.3 Å². The van der Waals surface area contributed by atoms with Crippen LogP contribution in [0.4, 0.5) is 0 Å². The summed E-state index contributed by atoms with van der Waals surface area (Å²) in [4.78, 5) is 0. The first-order valence-electron chi connectivity index (χ1n) is 6.05. The highest BCUT2D eigenvalue weighted by atomic mass is 14.1. The molecule has 0 spiro atoms. The lowest BCUT2D eigenvalue weighted by atomic mass is 9.90. The average Bonchev–Trinajstić information content (AvgIpc) is 2.27. The van der Waals surface area contributed by atoms with Crippen molar-refractivity contribution in [1.29, 1.82) is 0 Å². The smallest absolute Gasteiger partial charge is 0.0160 e. The fourth-order valence-corrected chi connectivity index (χ4v) is 2.53. The van der Waals surface area contributed by atoms with Gasteiger partial charge in [0.05, 0.1) is 0 Å². The second kappa shape index (κ2) is 4.22. The topological polar surface area (TPSA) is 0 Å². The van der Waals surface area contributed by atoms with E-state index in [2.05, 4.69) is 45.0 Å². The first-order chi connectivity index (χ1) is 7.24. The minimum absolute atomic E-state index is 0.632. The molecule has 1 aliphatic carbocycles. The predicted octanol–water partition coefficient (Wildman–Crippen LogP) is 2.95. The van der Waals surface area contributed by atoms with Gasteiger partial charge in [0.2, 0.25) is 0 Å². The highest BCUT2D eigenvalue weighted by Gasteiger charge is 2.08. The van der Waals surface area contributed by atoms with Crippen LogP contribution in [0.2, 0.25) is 0 Å². The van der Waals surface area contributed by atoms with Crippen LogP contribution in [-0.2, 0) is 0 Å². The van der Waals surface area contributed by atoms with Gasteiger partial charge in [0, 0.05) is 0 Å². The van der Waals surface area contributed by atoms with Crippen LogP contribution in [0.15, 0.2) is 18.2 Å². The normalized spacial score (nSPS) is 15.1. The van der Waals surface area contributed by atoms with Gasteiger partial charge in [-0.15, -0.1) is 0 Å². The summed E-state index contributed by atoms with van der Waals surface area (Å²) < 4.78 is 0. The van der Waals surface area contributed by atoms with E-state index in [9.17, 15) is 0 Å². The van der Waals surface area contributed by atoms with Crippen molar-refractivity contribution in [3.63, 3.8) is 0 Å². The van der Waals surface area contributed by atoms with E-state index in [0.29, 0.717) is 5.92 Å². The largest absolute Gasteiger partial charge is 0.0763 e. The van der Waals surface area contributed by atoms with Crippen LogP contribution in [0.5, 0.6) is 0 Å². The summed E-state index contributed by atoms with van der Waals surface area (Å²) in [7, 11) is 0. The Balaban J connectivity index is 2.82. The molecule has 0 aliphatic heterocycles. The third-order valence-electron chi connectivity index (χ3n) is 3.34. The number of rotatable bonds is 2. The maximum Gasteiger partial charge on any atom is -0.0160 e. The highest BCUT2D eigenvalue weighted by Crippen LogP contribution is 2.15. The molecule has 0 fully saturated rings. The molecule has 0 unspecified atom stereocenters. The van der Waals surface area contributed by atoms with Crippen molar-refractivity contribution in [3.05, 3.63) is 34.2 Å². The Morgan fingerprint density at radius 3 is 2.73 bits per heavy atom. The second-order valence-electron chi connectivity index (χ2n) is 4.67. The van der Waals surface area contributed by atoms with Crippen LogP contribution in [0.1, 0.15) is 51.5 Å². The zero-order chi connectivity index (χ0) is 10.8. The molecule has 1 aromatic carbocycles. The molecule has 0 saturated carbocycles. The number of benzene rings is 1. The molecule has 1 aliphatic rings. The Kier molecular flexibility index (Phi) is 2.95. The van der Waals surface area contributed by atoms with Gasteiger partial charge in [0.1, 0.15) is 0 Å². The Bertz CT molecular complexity index is 463. The van der Waals surface area contributed by atoms with E-state index in [4.69, 9.17) is 0 Å². The predicted molar refractivity (Wildman–Crippen MR) is 67.2 cm³/mol. The van der Waals surface area contributed by atoms with Crippen molar-refractivity contribution in [3.8, 4) is 0 Å². The maximum absolute atomic E-state index is 2.39. The Morgan fingerprint density at radius 2 is 2.07 bits per heavy atom. The lowest BCUT2D eigenvalue weighted by Crippen LogP contribution is -2.33. The third-order valence-corrected chi connectivity index (χ3v) is 3.34. The average molecular weight is 200 g/mol. The zero-order valence-corrected chi connectivity index (χ0v) is 10.0. The van der Waals surface area contributed by atoms with Gasteiger partial charge in [-0.3, -0.25) is 0 Å². The summed E-state index contributed by atoms with van der Waals surface area (Å²) in [5.74, 6) is 0.632. The fourth-order valence-electron chi connectivity index (χ4n) is 2.53. The molecule has 2 rings (SSSR count). The van der Waals surface area contributed by atoms with Gasteiger partial charge in [0.25, 0.3) is 0 Å². The maximum atomic E-state index is 2.39. The minimum atomic E-state index is 0.632. The second-order valence-corrected chi connectivity index (χ2v) is 4.67. The molecule has 0 amide bonds. The molecular weight excluding hydrogens is 180 g/mol. The molecule has 15 heavy (non-hydrogen) atoms. The van der Waals surface area contributed by atoms with Crippen molar-refractivity contribution in [2.24, 2.45) is 0 Å². The summed E-state index contributed by atoms with van der Waals surface area (Å²) >= 11 is 0. The number of hydrogen-bond donors (Lipinski definition) is 0. The molecule has 0 saturated heterocycles. The molecule has 0 heteroatoms.